The Balaban J connectivity index is 1.07. The van der Waals surface area contributed by atoms with E-state index in [9.17, 15) is 4.79 Å². The van der Waals surface area contributed by atoms with Crippen molar-refractivity contribution in [2.75, 3.05) is 26.2 Å². The number of carbonyl (C=O) groups excluding carboxylic acids is 1. The minimum atomic E-state index is 0.0285. The van der Waals surface area contributed by atoms with Gasteiger partial charge in [0.15, 0.2) is 5.96 Å². The monoisotopic (exact) mass is 581 g/mol. The second-order valence-corrected chi connectivity index (χ2v) is 13.9. The highest BCUT2D eigenvalue weighted by atomic mass is 35.5. The minimum absolute atomic E-state index is 0.0285. The molecule has 5 atom stereocenters. The van der Waals surface area contributed by atoms with Crippen molar-refractivity contribution in [3.8, 4) is 0 Å². The molecule has 40 heavy (non-hydrogen) atoms. The van der Waals surface area contributed by atoms with E-state index < -0.39 is 0 Å². The molecule has 4 fully saturated rings. The van der Waals surface area contributed by atoms with Gasteiger partial charge in [-0.3, -0.25) is 9.69 Å². The first kappa shape index (κ1) is 27.9. The van der Waals surface area contributed by atoms with Crippen LogP contribution in [0.2, 0.25) is 10.0 Å². The molecule has 2 bridgehead atoms. The van der Waals surface area contributed by atoms with Crippen LogP contribution in [-0.4, -0.2) is 64.8 Å². The number of aliphatic imine (C=N–C) groups is 1. The number of piperazine rings is 1. The lowest BCUT2D eigenvalue weighted by Gasteiger charge is -2.64. The van der Waals surface area contributed by atoms with Gasteiger partial charge in [0.2, 0.25) is 0 Å². The van der Waals surface area contributed by atoms with E-state index in [0.29, 0.717) is 58.6 Å². The summed E-state index contributed by atoms with van der Waals surface area (Å²) in [6.07, 6.45) is 3.42. The van der Waals surface area contributed by atoms with Crippen LogP contribution in [-0.2, 0) is 13.0 Å². The maximum atomic E-state index is 13.2. The Morgan fingerprint density at radius 3 is 2.60 bits per heavy atom. The van der Waals surface area contributed by atoms with Gasteiger partial charge in [0.1, 0.15) is 0 Å². The van der Waals surface area contributed by atoms with Crippen molar-refractivity contribution in [1.29, 1.82) is 0 Å². The first-order valence-corrected chi connectivity index (χ1v) is 15.5. The molecule has 1 amide bonds. The molecule has 0 aromatic heterocycles. The quantitative estimate of drug-likeness (QED) is 0.336. The van der Waals surface area contributed by atoms with Crippen LogP contribution >= 0.6 is 23.2 Å². The SMILES string of the molecule is C[C@H]1[C@@H](N2CCN(C(N)=Nc3ccc4c(c3)C(=O)N(CCc3ccc(Cl)cc3Cl)C4)C[C@@H]2C)C[C@@H]2C[C@@H]1C2(C)C. The van der Waals surface area contributed by atoms with Crippen molar-refractivity contribution in [3.63, 3.8) is 0 Å². The second-order valence-electron chi connectivity index (χ2n) is 13.1. The molecule has 2 aromatic carbocycles. The molecule has 3 aliphatic carbocycles. The molecule has 7 rings (SSSR count). The van der Waals surface area contributed by atoms with E-state index in [1.54, 1.807) is 6.07 Å². The van der Waals surface area contributed by atoms with Gasteiger partial charge >= 0.3 is 0 Å². The summed E-state index contributed by atoms with van der Waals surface area (Å²) in [5, 5.41) is 1.24. The number of benzene rings is 2. The molecule has 2 N–H and O–H groups in total. The van der Waals surface area contributed by atoms with Crippen molar-refractivity contribution < 1.29 is 4.79 Å². The third-order valence-electron chi connectivity index (χ3n) is 10.6. The third-order valence-corrected chi connectivity index (χ3v) is 11.2. The first-order chi connectivity index (χ1) is 19.0. The van der Waals surface area contributed by atoms with Gasteiger partial charge in [0.05, 0.1) is 5.69 Å². The number of nitrogens with zero attached hydrogens (tertiary/aromatic N) is 4. The van der Waals surface area contributed by atoms with E-state index in [4.69, 9.17) is 33.9 Å². The molecular weight excluding hydrogens is 541 g/mol. The molecule has 0 unspecified atom stereocenters. The first-order valence-electron chi connectivity index (χ1n) is 14.7. The summed E-state index contributed by atoms with van der Waals surface area (Å²) in [5.74, 6) is 3.02. The molecule has 0 radical (unpaired) electrons. The number of guanidine groups is 1. The fourth-order valence-electron chi connectivity index (χ4n) is 8.01. The molecule has 8 heteroatoms. The number of carbonyl (C=O) groups is 1. The van der Waals surface area contributed by atoms with Gasteiger partial charge in [-0.15, -0.1) is 0 Å². The average molecular weight is 583 g/mol. The maximum absolute atomic E-state index is 13.2. The molecule has 2 aromatic rings. The molecule has 0 spiro atoms. The number of hydrogen-bond donors (Lipinski definition) is 1. The van der Waals surface area contributed by atoms with Gasteiger partial charge in [0, 0.05) is 60.4 Å². The smallest absolute Gasteiger partial charge is 0.254 e. The highest BCUT2D eigenvalue weighted by Gasteiger charge is 2.57. The summed E-state index contributed by atoms with van der Waals surface area (Å²) in [6, 6.07) is 12.5. The molecule has 2 aliphatic heterocycles. The molecule has 2 heterocycles. The van der Waals surface area contributed by atoms with E-state index in [-0.39, 0.29) is 5.91 Å². The van der Waals surface area contributed by atoms with E-state index in [2.05, 4.69) is 37.5 Å². The molecular formula is C32H41Cl2N5O. The van der Waals surface area contributed by atoms with Crippen LogP contribution in [0.1, 0.15) is 62.0 Å². The van der Waals surface area contributed by atoms with Crippen LogP contribution in [0.25, 0.3) is 0 Å². The highest BCUT2D eigenvalue weighted by Crippen LogP contribution is 2.62. The van der Waals surface area contributed by atoms with E-state index in [1.807, 2.05) is 35.2 Å². The van der Waals surface area contributed by atoms with Crippen molar-refractivity contribution in [2.24, 2.45) is 33.9 Å². The normalized spacial score (nSPS) is 29.9. The Kier molecular flexibility index (Phi) is 7.33. The predicted octanol–water partition coefficient (Wildman–Crippen LogP) is 6.21. The molecule has 1 saturated heterocycles. The van der Waals surface area contributed by atoms with Crippen LogP contribution in [0.3, 0.4) is 0 Å². The number of hydrogen-bond acceptors (Lipinski definition) is 3. The zero-order valence-electron chi connectivity index (χ0n) is 24.0. The highest BCUT2D eigenvalue weighted by molar-refractivity contribution is 6.35. The summed E-state index contributed by atoms with van der Waals surface area (Å²) in [5.41, 5.74) is 10.5. The second kappa shape index (κ2) is 10.5. The number of amides is 1. The Bertz CT molecular complexity index is 1340. The Morgan fingerprint density at radius 1 is 1.10 bits per heavy atom. The van der Waals surface area contributed by atoms with Gasteiger partial charge in [0.25, 0.3) is 5.91 Å². The number of fused-ring (bicyclic) bond motifs is 3. The summed E-state index contributed by atoms with van der Waals surface area (Å²) >= 11 is 12.4. The predicted molar refractivity (Wildman–Crippen MR) is 163 cm³/mol. The summed E-state index contributed by atoms with van der Waals surface area (Å²) in [7, 11) is 0. The number of halogens is 2. The van der Waals surface area contributed by atoms with Crippen molar-refractivity contribution in [3.05, 3.63) is 63.1 Å². The van der Waals surface area contributed by atoms with Crippen LogP contribution in [0.4, 0.5) is 5.69 Å². The lowest BCUT2D eigenvalue weighted by Crippen LogP contribution is -2.65. The Morgan fingerprint density at radius 2 is 1.90 bits per heavy atom. The standard InChI is InChI=1S/C32H41Cl2N5O/c1-19-17-38(11-12-39(19)29-14-23-13-27(20(29)2)32(23,3)4)31(35)36-25-8-6-22-18-37(30(40)26(22)16-25)10-9-21-5-7-24(33)15-28(21)34/h5-8,15-16,19-20,23,27,29H,9-14,17-18H2,1-4H3,(H2,35,36)/t19-,20+,23-,27-,29-/m0/s1. The fourth-order valence-corrected chi connectivity index (χ4v) is 8.52. The summed E-state index contributed by atoms with van der Waals surface area (Å²) in [6.45, 7) is 13.7. The zero-order chi connectivity index (χ0) is 28.3. The molecule has 214 valence electrons. The molecule has 6 nitrogen and oxygen atoms in total. The Hall–Kier alpha value is -2.28. The van der Waals surface area contributed by atoms with Gasteiger partial charge in [-0.05, 0) is 84.7 Å². The van der Waals surface area contributed by atoms with Gasteiger partial charge in [-0.1, -0.05) is 56.1 Å². The third kappa shape index (κ3) is 4.90. The van der Waals surface area contributed by atoms with Gasteiger partial charge < -0.3 is 15.5 Å². The van der Waals surface area contributed by atoms with Gasteiger partial charge in [-0.25, -0.2) is 4.99 Å². The molecule has 5 aliphatic rings. The largest absolute Gasteiger partial charge is 0.369 e. The van der Waals surface area contributed by atoms with Crippen LogP contribution < -0.4 is 5.73 Å². The van der Waals surface area contributed by atoms with Crippen molar-refractivity contribution in [2.45, 2.75) is 65.6 Å². The van der Waals surface area contributed by atoms with Crippen LogP contribution in [0.5, 0.6) is 0 Å². The lowest BCUT2D eigenvalue weighted by molar-refractivity contribution is -0.147. The fraction of sp³-hybridized carbons (Fsp3) is 0.562. The van der Waals surface area contributed by atoms with Crippen molar-refractivity contribution in [1.82, 2.24) is 14.7 Å². The summed E-state index contributed by atoms with van der Waals surface area (Å²) in [4.78, 5) is 24.8. The number of nitrogens with two attached hydrogens (primary N) is 1. The molecule has 3 saturated carbocycles. The number of rotatable bonds is 5. The average Bonchev–Trinajstić information content (AvgIpc) is 3.22. The zero-order valence-corrected chi connectivity index (χ0v) is 25.5. The lowest BCUT2D eigenvalue weighted by atomic mass is 9.44. The van der Waals surface area contributed by atoms with Crippen molar-refractivity contribution >= 4 is 40.8 Å². The minimum Gasteiger partial charge on any atom is -0.369 e. The van der Waals surface area contributed by atoms with E-state index in [1.165, 1.54) is 12.8 Å². The maximum Gasteiger partial charge on any atom is 0.254 e. The van der Waals surface area contributed by atoms with E-state index in [0.717, 1.165) is 54.2 Å². The topological polar surface area (TPSA) is 65.2 Å². The summed E-state index contributed by atoms with van der Waals surface area (Å²) < 4.78 is 0. The van der Waals surface area contributed by atoms with Crippen LogP contribution in [0.15, 0.2) is 41.4 Å². The van der Waals surface area contributed by atoms with E-state index >= 15 is 0 Å². The van der Waals surface area contributed by atoms with Crippen LogP contribution in [0, 0.1) is 23.2 Å². The Labute approximate surface area is 248 Å². The van der Waals surface area contributed by atoms with Gasteiger partial charge in [-0.2, -0.15) is 0 Å².